The maximum atomic E-state index is 11.8. The SMILES string of the molecule is CCCc1ccc(OCNC(=O)Nc2ccc(N(C)C)cc2)cc1. The van der Waals surface area contributed by atoms with Crippen molar-refractivity contribution in [3.8, 4) is 5.75 Å². The molecule has 0 heterocycles. The Balaban J connectivity index is 1.74. The second-order valence-corrected chi connectivity index (χ2v) is 5.75. The molecule has 0 radical (unpaired) electrons. The number of anilines is 2. The van der Waals surface area contributed by atoms with Crippen molar-refractivity contribution in [2.24, 2.45) is 0 Å². The molecule has 0 atom stereocenters. The lowest BCUT2D eigenvalue weighted by Crippen LogP contribution is -2.32. The maximum Gasteiger partial charge on any atom is 0.321 e. The minimum absolute atomic E-state index is 0.120. The summed E-state index contributed by atoms with van der Waals surface area (Å²) in [6.45, 7) is 2.27. The van der Waals surface area contributed by atoms with E-state index < -0.39 is 0 Å². The Morgan fingerprint density at radius 1 is 1.04 bits per heavy atom. The molecular weight excluding hydrogens is 302 g/mol. The number of amides is 2. The Kier molecular flexibility index (Phi) is 6.49. The maximum absolute atomic E-state index is 11.8. The number of benzene rings is 2. The van der Waals surface area contributed by atoms with E-state index in [-0.39, 0.29) is 12.8 Å². The van der Waals surface area contributed by atoms with Gasteiger partial charge in [-0.15, -0.1) is 0 Å². The second kappa shape index (κ2) is 8.82. The molecule has 128 valence electrons. The number of rotatable bonds is 7. The first-order valence-electron chi connectivity index (χ1n) is 8.12. The van der Waals surface area contributed by atoms with Crippen molar-refractivity contribution in [2.45, 2.75) is 19.8 Å². The van der Waals surface area contributed by atoms with Gasteiger partial charge in [0.05, 0.1) is 0 Å². The third-order valence-electron chi connectivity index (χ3n) is 3.58. The molecule has 0 unspecified atom stereocenters. The highest BCUT2D eigenvalue weighted by Gasteiger charge is 2.02. The summed E-state index contributed by atoms with van der Waals surface area (Å²) in [5.74, 6) is 0.741. The molecular formula is C19H25N3O2. The number of aryl methyl sites for hydroxylation is 1. The van der Waals surface area contributed by atoms with Crippen molar-refractivity contribution in [2.75, 3.05) is 31.0 Å². The van der Waals surface area contributed by atoms with Gasteiger partial charge in [0.25, 0.3) is 0 Å². The van der Waals surface area contributed by atoms with Gasteiger partial charge in [-0.1, -0.05) is 25.5 Å². The Bertz CT molecular complexity index is 637. The average molecular weight is 327 g/mol. The van der Waals surface area contributed by atoms with E-state index in [1.807, 2.05) is 67.5 Å². The van der Waals surface area contributed by atoms with Crippen molar-refractivity contribution < 1.29 is 9.53 Å². The molecule has 0 saturated heterocycles. The van der Waals surface area contributed by atoms with Gasteiger partial charge in [0.15, 0.2) is 6.73 Å². The number of urea groups is 1. The third-order valence-corrected chi connectivity index (χ3v) is 3.58. The van der Waals surface area contributed by atoms with E-state index in [0.29, 0.717) is 0 Å². The zero-order valence-electron chi connectivity index (χ0n) is 14.5. The summed E-state index contributed by atoms with van der Waals surface area (Å²) in [6.07, 6.45) is 2.19. The largest absolute Gasteiger partial charge is 0.473 e. The summed E-state index contributed by atoms with van der Waals surface area (Å²) >= 11 is 0. The highest BCUT2D eigenvalue weighted by atomic mass is 16.5. The van der Waals surface area contributed by atoms with Crippen LogP contribution in [0.3, 0.4) is 0 Å². The number of ether oxygens (including phenoxy) is 1. The zero-order chi connectivity index (χ0) is 17.4. The summed E-state index contributed by atoms with van der Waals surface area (Å²) in [5, 5.41) is 5.45. The van der Waals surface area contributed by atoms with Crippen LogP contribution in [0.1, 0.15) is 18.9 Å². The van der Waals surface area contributed by atoms with Gasteiger partial charge >= 0.3 is 6.03 Å². The van der Waals surface area contributed by atoms with Crippen LogP contribution >= 0.6 is 0 Å². The molecule has 0 fully saturated rings. The predicted molar refractivity (Wildman–Crippen MR) is 98.9 cm³/mol. The van der Waals surface area contributed by atoms with Crippen LogP contribution in [0, 0.1) is 0 Å². The molecule has 0 bridgehead atoms. The molecule has 0 saturated carbocycles. The topological polar surface area (TPSA) is 53.6 Å². The summed E-state index contributed by atoms with van der Waals surface area (Å²) in [7, 11) is 3.95. The van der Waals surface area contributed by atoms with Crippen LogP contribution in [0.15, 0.2) is 48.5 Å². The Hall–Kier alpha value is -2.69. The van der Waals surface area contributed by atoms with E-state index in [4.69, 9.17) is 4.74 Å². The smallest absolute Gasteiger partial charge is 0.321 e. The van der Waals surface area contributed by atoms with Crippen molar-refractivity contribution in [3.05, 3.63) is 54.1 Å². The molecule has 2 aromatic rings. The molecule has 0 spiro atoms. The molecule has 24 heavy (non-hydrogen) atoms. The summed E-state index contributed by atoms with van der Waals surface area (Å²) in [4.78, 5) is 13.9. The first-order chi connectivity index (χ1) is 11.6. The highest BCUT2D eigenvalue weighted by molar-refractivity contribution is 5.89. The van der Waals surface area contributed by atoms with Gasteiger partial charge in [-0.3, -0.25) is 0 Å². The lowest BCUT2D eigenvalue weighted by molar-refractivity contribution is 0.234. The van der Waals surface area contributed by atoms with Crippen molar-refractivity contribution in [1.29, 1.82) is 0 Å². The lowest BCUT2D eigenvalue weighted by Gasteiger charge is -2.13. The van der Waals surface area contributed by atoms with Crippen LogP contribution in [0.5, 0.6) is 5.75 Å². The number of nitrogens with zero attached hydrogens (tertiary/aromatic N) is 1. The first kappa shape index (κ1) is 17.7. The fourth-order valence-electron chi connectivity index (χ4n) is 2.24. The minimum atomic E-state index is -0.296. The monoisotopic (exact) mass is 327 g/mol. The van der Waals surface area contributed by atoms with Crippen LogP contribution in [0.2, 0.25) is 0 Å². The normalized spacial score (nSPS) is 10.1. The molecule has 5 nitrogen and oxygen atoms in total. The van der Waals surface area contributed by atoms with E-state index in [1.54, 1.807) is 0 Å². The summed E-state index contributed by atoms with van der Waals surface area (Å²) in [6, 6.07) is 15.3. The van der Waals surface area contributed by atoms with Gasteiger partial charge in [0.1, 0.15) is 5.75 Å². The molecule has 2 aromatic carbocycles. The average Bonchev–Trinajstić information content (AvgIpc) is 2.57. The predicted octanol–water partition coefficient (Wildman–Crippen LogP) is 3.86. The lowest BCUT2D eigenvalue weighted by atomic mass is 10.1. The Morgan fingerprint density at radius 3 is 2.29 bits per heavy atom. The fourth-order valence-corrected chi connectivity index (χ4v) is 2.24. The molecule has 5 heteroatoms. The summed E-state index contributed by atoms with van der Waals surface area (Å²) in [5.41, 5.74) is 3.11. The Labute approximate surface area is 143 Å². The van der Waals surface area contributed by atoms with Crippen molar-refractivity contribution in [1.82, 2.24) is 5.32 Å². The van der Waals surface area contributed by atoms with Crippen LogP contribution in [-0.2, 0) is 6.42 Å². The number of carbonyl (C=O) groups excluding carboxylic acids is 1. The number of carbonyl (C=O) groups is 1. The zero-order valence-corrected chi connectivity index (χ0v) is 14.5. The molecule has 2 rings (SSSR count). The van der Waals surface area contributed by atoms with Gasteiger partial charge in [0, 0.05) is 25.5 Å². The van der Waals surface area contributed by atoms with Crippen molar-refractivity contribution in [3.63, 3.8) is 0 Å². The standard InChI is InChI=1S/C19H25N3O2/c1-4-5-15-6-12-18(13-7-15)24-14-20-19(23)21-16-8-10-17(11-9-16)22(2)3/h6-13H,4-5,14H2,1-3H3,(H2,20,21,23). The van der Waals surface area contributed by atoms with E-state index in [2.05, 4.69) is 17.6 Å². The van der Waals surface area contributed by atoms with Crippen molar-refractivity contribution >= 4 is 17.4 Å². The van der Waals surface area contributed by atoms with Crippen LogP contribution in [-0.4, -0.2) is 26.9 Å². The Morgan fingerprint density at radius 2 is 1.71 bits per heavy atom. The van der Waals surface area contributed by atoms with Crippen LogP contribution in [0.4, 0.5) is 16.2 Å². The van der Waals surface area contributed by atoms with Gasteiger partial charge in [-0.05, 0) is 48.4 Å². The molecule has 2 N–H and O–H groups in total. The van der Waals surface area contributed by atoms with Gasteiger partial charge < -0.3 is 20.3 Å². The fraction of sp³-hybridized carbons (Fsp3) is 0.316. The van der Waals surface area contributed by atoms with E-state index >= 15 is 0 Å². The van der Waals surface area contributed by atoms with E-state index in [9.17, 15) is 4.79 Å². The highest BCUT2D eigenvalue weighted by Crippen LogP contribution is 2.15. The van der Waals surface area contributed by atoms with Gasteiger partial charge in [-0.2, -0.15) is 0 Å². The number of hydrogen-bond donors (Lipinski definition) is 2. The molecule has 0 aliphatic rings. The molecule has 0 aliphatic carbocycles. The molecule has 0 aromatic heterocycles. The van der Waals surface area contributed by atoms with Crippen LogP contribution in [0.25, 0.3) is 0 Å². The number of hydrogen-bond acceptors (Lipinski definition) is 3. The second-order valence-electron chi connectivity index (χ2n) is 5.75. The minimum Gasteiger partial charge on any atom is -0.473 e. The third kappa shape index (κ3) is 5.50. The van der Waals surface area contributed by atoms with Gasteiger partial charge in [0.2, 0.25) is 0 Å². The van der Waals surface area contributed by atoms with Gasteiger partial charge in [-0.25, -0.2) is 4.79 Å². The van der Waals surface area contributed by atoms with Crippen LogP contribution < -0.4 is 20.3 Å². The first-order valence-corrected chi connectivity index (χ1v) is 8.12. The van der Waals surface area contributed by atoms with E-state index in [1.165, 1.54) is 5.56 Å². The number of nitrogens with one attached hydrogen (secondary N) is 2. The quantitative estimate of drug-likeness (QED) is 0.759. The summed E-state index contributed by atoms with van der Waals surface area (Å²) < 4.78 is 5.52. The molecule has 2 amide bonds. The van der Waals surface area contributed by atoms with E-state index in [0.717, 1.165) is 30.0 Å². The molecule has 0 aliphatic heterocycles.